The van der Waals surface area contributed by atoms with Crippen LogP contribution in [0.2, 0.25) is 0 Å². The molecule has 2 atom stereocenters. The van der Waals surface area contributed by atoms with Gasteiger partial charge in [-0.15, -0.1) is 0 Å². The predicted octanol–water partition coefficient (Wildman–Crippen LogP) is 1.62. The molecule has 3 heterocycles. The molecule has 0 N–H and O–H groups in total. The van der Waals surface area contributed by atoms with Gasteiger partial charge in [0, 0.05) is 44.1 Å². The normalized spacial score (nSPS) is 25.5. The van der Waals surface area contributed by atoms with Crippen LogP contribution in [-0.2, 0) is 22.9 Å². The fraction of sp³-hybridized carbons (Fsp3) is 0.550. The van der Waals surface area contributed by atoms with Crippen LogP contribution in [0, 0.1) is 0 Å². The first-order valence-corrected chi connectivity index (χ1v) is 11.6. The van der Waals surface area contributed by atoms with Crippen molar-refractivity contribution in [3.63, 3.8) is 0 Å². The number of rotatable bonds is 6. The van der Waals surface area contributed by atoms with E-state index < -0.39 is 9.84 Å². The van der Waals surface area contributed by atoms with Crippen molar-refractivity contribution in [3.05, 3.63) is 53.9 Å². The van der Waals surface area contributed by atoms with Crippen molar-refractivity contribution in [2.24, 2.45) is 0 Å². The van der Waals surface area contributed by atoms with Crippen molar-refractivity contribution in [1.29, 1.82) is 0 Å². The van der Waals surface area contributed by atoms with E-state index in [2.05, 4.69) is 46.1 Å². The predicted molar refractivity (Wildman–Crippen MR) is 106 cm³/mol. The molecule has 0 spiro atoms. The van der Waals surface area contributed by atoms with Crippen LogP contribution in [0.15, 0.2) is 42.7 Å². The lowest BCUT2D eigenvalue weighted by molar-refractivity contribution is 0.0405. The number of nitrogens with zero attached hydrogens (tertiary/aromatic N) is 4. The Morgan fingerprint density at radius 2 is 1.74 bits per heavy atom. The van der Waals surface area contributed by atoms with Gasteiger partial charge < -0.3 is 0 Å². The van der Waals surface area contributed by atoms with E-state index in [1.165, 1.54) is 11.1 Å². The van der Waals surface area contributed by atoms with Crippen LogP contribution in [0.3, 0.4) is 0 Å². The Kier molecular flexibility index (Phi) is 5.34. The third kappa shape index (κ3) is 4.25. The quantitative estimate of drug-likeness (QED) is 0.753. The lowest BCUT2D eigenvalue weighted by Gasteiger charge is -2.44. The first-order valence-electron chi connectivity index (χ1n) is 9.78. The van der Waals surface area contributed by atoms with Gasteiger partial charge >= 0.3 is 0 Å². The average molecular weight is 389 g/mol. The molecule has 146 valence electrons. The lowest BCUT2D eigenvalue weighted by Crippen LogP contribution is -2.58. The van der Waals surface area contributed by atoms with E-state index >= 15 is 0 Å². The fourth-order valence-corrected chi connectivity index (χ4v) is 6.54. The number of aromatic nitrogens is 2. The van der Waals surface area contributed by atoms with E-state index in [0.29, 0.717) is 11.5 Å². The van der Waals surface area contributed by atoms with E-state index in [1.807, 2.05) is 16.9 Å². The molecular weight excluding hydrogens is 360 g/mol. The van der Waals surface area contributed by atoms with E-state index in [0.717, 1.165) is 39.1 Å². The molecule has 2 aliphatic rings. The Morgan fingerprint density at radius 3 is 2.44 bits per heavy atom. The highest BCUT2D eigenvalue weighted by atomic mass is 32.2. The van der Waals surface area contributed by atoms with Crippen LogP contribution >= 0.6 is 0 Å². The lowest BCUT2D eigenvalue weighted by atomic mass is 10.0. The van der Waals surface area contributed by atoms with Crippen molar-refractivity contribution < 1.29 is 8.42 Å². The first-order chi connectivity index (χ1) is 13.0. The van der Waals surface area contributed by atoms with Gasteiger partial charge in [0.2, 0.25) is 0 Å². The minimum Gasteiger partial charge on any atom is -0.297 e. The molecular formula is C20H28N4O2S. The highest BCUT2D eigenvalue weighted by Gasteiger charge is 2.46. The Labute approximate surface area is 161 Å². The monoisotopic (exact) mass is 388 g/mol. The van der Waals surface area contributed by atoms with Crippen molar-refractivity contribution >= 4 is 9.84 Å². The molecule has 6 nitrogen and oxygen atoms in total. The summed E-state index contributed by atoms with van der Waals surface area (Å²) in [4.78, 5) is 4.77. The van der Waals surface area contributed by atoms with Crippen LogP contribution in [0.1, 0.15) is 24.5 Å². The Bertz CT molecular complexity index is 866. The van der Waals surface area contributed by atoms with Crippen molar-refractivity contribution in [1.82, 2.24) is 19.6 Å². The largest absolute Gasteiger partial charge is 0.297 e. The maximum Gasteiger partial charge on any atom is 0.153 e. The zero-order valence-electron chi connectivity index (χ0n) is 15.9. The highest BCUT2D eigenvalue weighted by molar-refractivity contribution is 7.91. The van der Waals surface area contributed by atoms with E-state index in [9.17, 15) is 8.42 Å². The summed E-state index contributed by atoms with van der Waals surface area (Å²) >= 11 is 0. The standard InChI is InChI=1S/C20H28N4O2S/c1-2-8-22-10-11-23(20-16-27(25,26)15-19(20)22)13-17-5-3-6-18(12-17)14-24-9-4-7-21-24/h3-7,9,12,19-20H,2,8,10-11,13-16H2,1H3/t19-,20+/m0/s1. The molecule has 7 heteroatoms. The summed E-state index contributed by atoms with van der Waals surface area (Å²) in [7, 11) is -2.94. The molecule has 0 saturated carbocycles. The molecule has 0 radical (unpaired) electrons. The van der Waals surface area contributed by atoms with Crippen LogP contribution in [0.5, 0.6) is 0 Å². The second kappa shape index (κ2) is 7.73. The van der Waals surface area contributed by atoms with Crippen LogP contribution in [-0.4, -0.2) is 71.2 Å². The van der Waals surface area contributed by atoms with Gasteiger partial charge in [0.1, 0.15) is 0 Å². The van der Waals surface area contributed by atoms with E-state index in [4.69, 9.17) is 0 Å². The molecule has 2 aliphatic heterocycles. The van der Waals surface area contributed by atoms with Crippen molar-refractivity contribution in [2.75, 3.05) is 31.1 Å². The number of hydrogen-bond acceptors (Lipinski definition) is 5. The van der Waals surface area contributed by atoms with E-state index in [1.54, 1.807) is 6.20 Å². The zero-order chi connectivity index (χ0) is 18.9. The molecule has 1 aromatic carbocycles. The summed E-state index contributed by atoms with van der Waals surface area (Å²) in [5.74, 6) is 0.609. The summed E-state index contributed by atoms with van der Waals surface area (Å²) in [6.07, 6.45) is 4.83. The van der Waals surface area contributed by atoms with Crippen molar-refractivity contribution in [2.45, 2.75) is 38.5 Å². The first kappa shape index (κ1) is 18.7. The number of sulfone groups is 1. The summed E-state index contributed by atoms with van der Waals surface area (Å²) in [6.45, 7) is 6.60. The summed E-state index contributed by atoms with van der Waals surface area (Å²) in [5.41, 5.74) is 2.46. The SMILES string of the molecule is CCCN1CCN(Cc2cccc(Cn3cccn3)c2)[C@@H]2CS(=O)(=O)C[C@@H]21. The topological polar surface area (TPSA) is 58.4 Å². The fourth-order valence-electron chi connectivity index (χ4n) is 4.50. The van der Waals surface area contributed by atoms with Gasteiger partial charge in [0.15, 0.2) is 9.84 Å². The van der Waals surface area contributed by atoms with Crippen LogP contribution in [0.25, 0.3) is 0 Å². The van der Waals surface area contributed by atoms with Gasteiger partial charge in [0.05, 0.1) is 18.1 Å². The molecule has 0 amide bonds. The van der Waals surface area contributed by atoms with Crippen LogP contribution in [0.4, 0.5) is 0 Å². The summed E-state index contributed by atoms with van der Waals surface area (Å²) < 4.78 is 26.5. The smallest absolute Gasteiger partial charge is 0.153 e. The van der Waals surface area contributed by atoms with Gasteiger partial charge in [-0.05, 0) is 30.2 Å². The number of fused-ring (bicyclic) bond motifs is 1. The minimum atomic E-state index is -2.94. The maximum atomic E-state index is 12.3. The number of hydrogen-bond donors (Lipinski definition) is 0. The molecule has 4 rings (SSSR count). The Morgan fingerprint density at radius 1 is 1.04 bits per heavy atom. The molecule has 0 unspecified atom stereocenters. The van der Waals surface area contributed by atoms with Gasteiger partial charge in [-0.3, -0.25) is 14.5 Å². The Balaban J connectivity index is 1.49. The summed E-state index contributed by atoms with van der Waals surface area (Å²) in [6, 6.07) is 10.8. The second-order valence-corrected chi connectivity index (χ2v) is 9.90. The molecule has 2 fully saturated rings. The highest BCUT2D eigenvalue weighted by Crippen LogP contribution is 2.28. The molecule has 0 bridgehead atoms. The second-order valence-electron chi connectivity index (χ2n) is 7.74. The zero-order valence-corrected chi connectivity index (χ0v) is 16.7. The summed E-state index contributed by atoms with van der Waals surface area (Å²) in [5, 5.41) is 4.28. The number of benzene rings is 1. The van der Waals surface area contributed by atoms with Gasteiger partial charge in [-0.1, -0.05) is 31.2 Å². The Hall–Kier alpha value is -1.70. The average Bonchev–Trinajstić information content (AvgIpc) is 3.24. The van der Waals surface area contributed by atoms with Gasteiger partial charge in [-0.2, -0.15) is 5.10 Å². The molecule has 2 aromatic rings. The van der Waals surface area contributed by atoms with E-state index in [-0.39, 0.29) is 12.1 Å². The van der Waals surface area contributed by atoms with Gasteiger partial charge in [0.25, 0.3) is 0 Å². The number of piperazine rings is 1. The van der Waals surface area contributed by atoms with Gasteiger partial charge in [-0.25, -0.2) is 8.42 Å². The van der Waals surface area contributed by atoms with Crippen LogP contribution < -0.4 is 0 Å². The minimum absolute atomic E-state index is 0.116. The molecule has 2 saturated heterocycles. The third-order valence-electron chi connectivity index (χ3n) is 5.70. The molecule has 0 aliphatic carbocycles. The van der Waals surface area contributed by atoms with Crippen molar-refractivity contribution in [3.8, 4) is 0 Å². The molecule has 27 heavy (non-hydrogen) atoms. The maximum absolute atomic E-state index is 12.3. The molecule has 1 aromatic heterocycles. The third-order valence-corrected chi connectivity index (χ3v) is 7.40.